The molecule has 0 amide bonds. The van der Waals surface area contributed by atoms with E-state index >= 15 is 0 Å². The summed E-state index contributed by atoms with van der Waals surface area (Å²) >= 11 is 0. The molecule has 0 aliphatic heterocycles. The standard InChI is InChI=1S/C14H17F2N3/c1-18(2)6-7-19(3)13-4-5-17-14-11(13)8-10(15)9-12(14)16/h4-5,8-9H,6-7H2,1-3H3. The highest BCUT2D eigenvalue weighted by atomic mass is 19.1. The summed E-state index contributed by atoms with van der Waals surface area (Å²) in [5.74, 6) is -1.21. The number of likely N-dealkylation sites (N-methyl/N-ethyl adjacent to an activating group) is 2. The molecule has 2 rings (SSSR count). The lowest BCUT2D eigenvalue weighted by Gasteiger charge is -2.22. The Morgan fingerprint density at radius 1 is 1.11 bits per heavy atom. The summed E-state index contributed by atoms with van der Waals surface area (Å²) in [4.78, 5) is 8.01. The Morgan fingerprint density at radius 2 is 1.84 bits per heavy atom. The SMILES string of the molecule is CN(C)CCN(C)c1ccnc2c(F)cc(F)cc12. The highest BCUT2D eigenvalue weighted by Gasteiger charge is 2.11. The second-order valence-corrected chi connectivity index (χ2v) is 4.84. The Morgan fingerprint density at radius 3 is 2.53 bits per heavy atom. The van der Waals surface area contributed by atoms with Crippen LogP contribution < -0.4 is 4.90 Å². The number of anilines is 1. The van der Waals surface area contributed by atoms with Gasteiger partial charge in [0.2, 0.25) is 0 Å². The summed E-state index contributed by atoms with van der Waals surface area (Å²) in [6, 6.07) is 3.96. The largest absolute Gasteiger partial charge is 0.373 e. The van der Waals surface area contributed by atoms with Crippen LogP contribution in [0, 0.1) is 11.6 Å². The zero-order chi connectivity index (χ0) is 14.0. The maximum atomic E-state index is 13.7. The first-order valence-corrected chi connectivity index (χ1v) is 6.08. The van der Waals surface area contributed by atoms with Gasteiger partial charge >= 0.3 is 0 Å². The first-order chi connectivity index (χ1) is 8.99. The maximum absolute atomic E-state index is 13.7. The van der Waals surface area contributed by atoms with Gasteiger partial charge in [-0.1, -0.05) is 0 Å². The number of aromatic nitrogens is 1. The molecule has 0 aliphatic carbocycles. The van der Waals surface area contributed by atoms with Crippen LogP contribution >= 0.6 is 0 Å². The lowest BCUT2D eigenvalue weighted by Crippen LogP contribution is -2.28. The first kappa shape index (κ1) is 13.7. The van der Waals surface area contributed by atoms with E-state index in [9.17, 15) is 8.78 Å². The van der Waals surface area contributed by atoms with Gasteiger partial charge in [0.15, 0.2) is 5.82 Å². The molecule has 0 unspecified atom stereocenters. The van der Waals surface area contributed by atoms with E-state index in [1.165, 1.54) is 6.07 Å². The van der Waals surface area contributed by atoms with Crippen molar-refractivity contribution in [1.29, 1.82) is 0 Å². The number of hydrogen-bond donors (Lipinski definition) is 0. The molecule has 3 nitrogen and oxygen atoms in total. The molecule has 1 aromatic heterocycles. The van der Waals surface area contributed by atoms with E-state index in [0.717, 1.165) is 24.8 Å². The summed E-state index contributed by atoms with van der Waals surface area (Å²) in [5.41, 5.74) is 0.987. The number of nitrogens with zero attached hydrogens (tertiary/aromatic N) is 3. The van der Waals surface area contributed by atoms with Crippen molar-refractivity contribution in [3.8, 4) is 0 Å². The highest BCUT2D eigenvalue weighted by molar-refractivity contribution is 5.91. The summed E-state index contributed by atoms with van der Waals surface area (Å²) in [5, 5.41) is 0.501. The van der Waals surface area contributed by atoms with Crippen molar-refractivity contribution in [1.82, 2.24) is 9.88 Å². The number of fused-ring (bicyclic) bond motifs is 1. The first-order valence-electron chi connectivity index (χ1n) is 6.08. The van der Waals surface area contributed by atoms with Crippen LogP contribution in [-0.4, -0.2) is 44.1 Å². The summed E-state index contributed by atoms with van der Waals surface area (Å²) in [6.07, 6.45) is 1.55. The monoisotopic (exact) mass is 265 g/mol. The lowest BCUT2D eigenvalue weighted by atomic mass is 10.1. The van der Waals surface area contributed by atoms with Gasteiger partial charge in [-0.25, -0.2) is 8.78 Å². The molecule has 1 aromatic carbocycles. The minimum absolute atomic E-state index is 0.204. The van der Waals surface area contributed by atoms with Crippen LogP contribution in [0.2, 0.25) is 0 Å². The molecule has 0 bridgehead atoms. The van der Waals surface area contributed by atoms with E-state index in [-0.39, 0.29) is 5.52 Å². The fourth-order valence-electron chi connectivity index (χ4n) is 1.97. The van der Waals surface area contributed by atoms with Gasteiger partial charge in [-0.2, -0.15) is 0 Å². The molecule has 102 valence electrons. The van der Waals surface area contributed by atoms with Gasteiger partial charge < -0.3 is 9.80 Å². The third kappa shape index (κ3) is 2.98. The van der Waals surface area contributed by atoms with Crippen molar-refractivity contribution in [2.75, 3.05) is 39.1 Å². The van der Waals surface area contributed by atoms with Crippen LogP contribution in [-0.2, 0) is 0 Å². The molecule has 0 atom stereocenters. The van der Waals surface area contributed by atoms with E-state index < -0.39 is 11.6 Å². The smallest absolute Gasteiger partial charge is 0.152 e. The second-order valence-electron chi connectivity index (χ2n) is 4.84. The predicted octanol–water partition coefficient (Wildman–Crippen LogP) is 2.51. The van der Waals surface area contributed by atoms with Gasteiger partial charge in [0, 0.05) is 43.5 Å². The fourth-order valence-corrected chi connectivity index (χ4v) is 1.97. The van der Waals surface area contributed by atoms with Crippen molar-refractivity contribution in [3.05, 3.63) is 36.0 Å². The molecule has 1 heterocycles. The van der Waals surface area contributed by atoms with Crippen LogP contribution in [0.15, 0.2) is 24.4 Å². The van der Waals surface area contributed by atoms with Crippen molar-refractivity contribution < 1.29 is 8.78 Å². The highest BCUT2D eigenvalue weighted by Crippen LogP contribution is 2.27. The number of pyridine rings is 1. The average Bonchev–Trinajstić information content (AvgIpc) is 2.35. The summed E-state index contributed by atoms with van der Waals surface area (Å²) < 4.78 is 27.0. The molecular weight excluding hydrogens is 248 g/mol. The van der Waals surface area contributed by atoms with Crippen molar-refractivity contribution in [3.63, 3.8) is 0 Å². The molecule has 0 saturated carbocycles. The molecule has 0 spiro atoms. The van der Waals surface area contributed by atoms with Crippen LogP contribution in [0.3, 0.4) is 0 Å². The van der Waals surface area contributed by atoms with Crippen molar-refractivity contribution in [2.45, 2.75) is 0 Å². The minimum atomic E-state index is -0.627. The Balaban J connectivity index is 2.43. The van der Waals surface area contributed by atoms with Crippen LogP contribution in [0.5, 0.6) is 0 Å². The fraction of sp³-hybridized carbons (Fsp3) is 0.357. The topological polar surface area (TPSA) is 19.4 Å². The van der Waals surface area contributed by atoms with E-state index in [4.69, 9.17) is 0 Å². The quantitative estimate of drug-likeness (QED) is 0.846. The van der Waals surface area contributed by atoms with Gasteiger partial charge in [-0.15, -0.1) is 0 Å². The Hall–Kier alpha value is -1.75. The van der Waals surface area contributed by atoms with Gasteiger partial charge in [0.1, 0.15) is 11.3 Å². The van der Waals surface area contributed by atoms with Crippen LogP contribution in [0.25, 0.3) is 10.9 Å². The van der Waals surface area contributed by atoms with Gasteiger partial charge in [-0.3, -0.25) is 4.98 Å². The zero-order valence-electron chi connectivity index (χ0n) is 11.3. The molecule has 0 N–H and O–H groups in total. The predicted molar refractivity (Wildman–Crippen MR) is 73.5 cm³/mol. The van der Waals surface area contributed by atoms with E-state index in [0.29, 0.717) is 5.39 Å². The van der Waals surface area contributed by atoms with Gasteiger partial charge in [0.25, 0.3) is 0 Å². The number of benzene rings is 1. The Bertz CT molecular complexity index is 584. The normalized spacial score (nSPS) is 11.3. The average molecular weight is 265 g/mol. The number of rotatable bonds is 4. The third-order valence-corrected chi connectivity index (χ3v) is 3.03. The molecule has 0 aliphatic rings. The third-order valence-electron chi connectivity index (χ3n) is 3.03. The maximum Gasteiger partial charge on any atom is 0.152 e. The Labute approximate surface area is 111 Å². The van der Waals surface area contributed by atoms with Gasteiger partial charge in [-0.05, 0) is 26.2 Å². The lowest BCUT2D eigenvalue weighted by molar-refractivity contribution is 0.416. The summed E-state index contributed by atoms with van der Waals surface area (Å²) in [7, 11) is 5.87. The summed E-state index contributed by atoms with van der Waals surface area (Å²) in [6.45, 7) is 1.63. The van der Waals surface area contributed by atoms with Crippen molar-refractivity contribution in [2.24, 2.45) is 0 Å². The van der Waals surface area contributed by atoms with Crippen LogP contribution in [0.1, 0.15) is 0 Å². The van der Waals surface area contributed by atoms with Gasteiger partial charge in [0.05, 0.1) is 0 Å². The molecule has 2 aromatic rings. The molecule has 0 fully saturated rings. The Kier molecular flexibility index (Phi) is 3.95. The van der Waals surface area contributed by atoms with Crippen molar-refractivity contribution >= 4 is 16.6 Å². The molecule has 19 heavy (non-hydrogen) atoms. The number of hydrogen-bond acceptors (Lipinski definition) is 3. The molecule has 0 saturated heterocycles. The second kappa shape index (κ2) is 5.48. The number of halogens is 2. The molecule has 5 heteroatoms. The van der Waals surface area contributed by atoms with E-state index in [1.54, 1.807) is 12.3 Å². The van der Waals surface area contributed by atoms with E-state index in [1.807, 2.05) is 26.0 Å². The van der Waals surface area contributed by atoms with Crippen LogP contribution in [0.4, 0.5) is 14.5 Å². The minimum Gasteiger partial charge on any atom is -0.373 e. The zero-order valence-corrected chi connectivity index (χ0v) is 11.3. The van der Waals surface area contributed by atoms with E-state index in [2.05, 4.69) is 9.88 Å². The molecular formula is C14H17F2N3. The molecule has 0 radical (unpaired) electrons.